The summed E-state index contributed by atoms with van der Waals surface area (Å²) in [5, 5.41) is 13.0. The van der Waals surface area contributed by atoms with E-state index < -0.39 is 0 Å². The van der Waals surface area contributed by atoms with E-state index >= 15 is 0 Å². The third kappa shape index (κ3) is 7.03. The normalized spacial score (nSPS) is 15.0. The SMILES string of the molecule is CC(C)CNCCC(O)C(C)(C)C. The molecule has 0 aromatic heterocycles. The fraction of sp³-hybridized carbons (Fsp3) is 1.00. The molecule has 0 rings (SSSR count). The van der Waals surface area contributed by atoms with Crippen LogP contribution in [0.15, 0.2) is 0 Å². The van der Waals surface area contributed by atoms with E-state index in [4.69, 9.17) is 0 Å². The average molecular weight is 187 g/mol. The van der Waals surface area contributed by atoms with Gasteiger partial charge < -0.3 is 10.4 Å². The summed E-state index contributed by atoms with van der Waals surface area (Å²) < 4.78 is 0. The fourth-order valence-corrected chi connectivity index (χ4v) is 1.06. The van der Waals surface area contributed by atoms with E-state index in [9.17, 15) is 5.11 Å². The zero-order chi connectivity index (χ0) is 10.5. The maximum atomic E-state index is 9.71. The van der Waals surface area contributed by atoms with Crippen LogP contribution < -0.4 is 5.32 Å². The Morgan fingerprint density at radius 2 is 1.77 bits per heavy atom. The molecule has 0 aliphatic rings. The first-order valence-electron chi connectivity index (χ1n) is 5.23. The molecule has 2 nitrogen and oxygen atoms in total. The van der Waals surface area contributed by atoms with Crippen molar-refractivity contribution in [2.75, 3.05) is 13.1 Å². The first-order valence-corrected chi connectivity index (χ1v) is 5.23. The van der Waals surface area contributed by atoms with E-state index in [1.807, 2.05) is 0 Å². The van der Waals surface area contributed by atoms with Gasteiger partial charge in [-0.05, 0) is 30.8 Å². The topological polar surface area (TPSA) is 32.3 Å². The van der Waals surface area contributed by atoms with Crippen LogP contribution in [0.2, 0.25) is 0 Å². The standard InChI is InChI=1S/C11H25NO/c1-9(2)8-12-7-6-10(13)11(3,4)5/h9-10,12-13H,6-8H2,1-5H3. The minimum Gasteiger partial charge on any atom is -0.393 e. The molecule has 1 atom stereocenters. The lowest BCUT2D eigenvalue weighted by Crippen LogP contribution is -2.31. The molecule has 0 aromatic carbocycles. The van der Waals surface area contributed by atoms with E-state index in [0.29, 0.717) is 5.92 Å². The predicted molar refractivity (Wildman–Crippen MR) is 57.8 cm³/mol. The molecule has 0 aromatic rings. The third-order valence-corrected chi connectivity index (χ3v) is 2.15. The quantitative estimate of drug-likeness (QED) is 0.645. The lowest BCUT2D eigenvalue weighted by Gasteiger charge is -2.25. The van der Waals surface area contributed by atoms with Crippen LogP contribution in [0.25, 0.3) is 0 Å². The first kappa shape index (κ1) is 12.9. The molecule has 1 unspecified atom stereocenters. The van der Waals surface area contributed by atoms with Gasteiger partial charge in [-0.25, -0.2) is 0 Å². The Kier molecular flexibility index (Phi) is 5.57. The molecule has 0 radical (unpaired) electrons. The highest BCUT2D eigenvalue weighted by Crippen LogP contribution is 2.20. The second-order valence-electron chi connectivity index (χ2n) is 5.27. The fourth-order valence-electron chi connectivity index (χ4n) is 1.06. The molecule has 0 bridgehead atoms. The molecule has 0 heterocycles. The molecule has 0 saturated carbocycles. The van der Waals surface area contributed by atoms with Gasteiger partial charge in [0.05, 0.1) is 6.10 Å². The number of hydrogen-bond acceptors (Lipinski definition) is 2. The van der Waals surface area contributed by atoms with Gasteiger partial charge in [0.1, 0.15) is 0 Å². The van der Waals surface area contributed by atoms with Crippen molar-refractivity contribution >= 4 is 0 Å². The van der Waals surface area contributed by atoms with Gasteiger partial charge in [0.25, 0.3) is 0 Å². The van der Waals surface area contributed by atoms with Crippen molar-refractivity contribution in [3.8, 4) is 0 Å². The van der Waals surface area contributed by atoms with Crippen molar-refractivity contribution < 1.29 is 5.11 Å². The van der Waals surface area contributed by atoms with E-state index in [1.165, 1.54) is 0 Å². The molecule has 0 aliphatic heterocycles. The second kappa shape index (κ2) is 5.61. The van der Waals surface area contributed by atoms with Crippen LogP contribution in [0.1, 0.15) is 41.0 Å². The van der Waals surface area contributed by atoms with E-state index in [1.54, 1.807) is 0 Å². The van der Waals surface area contributed by atoms with Crippen LogP contribution in [-0.4, -0.2) is 24.3 Å². The Morgan fingerprint density at radius 1 is 1.23 bits per heavy atom. The van der Waals surface area contributed by atoms with Crippen LogP contribution in [-0.2, 0) is 0 Å². The van der Waals surface area contributed by atoms with Crippen LogP contribution in [0.5, 0.6) is 0 Å². The highest BCUT2D eigenvalue weighted by Gasteiger charge is 2.20. The Bertz CT molecular complexity index is 127. The summed E-state index contributed by atoms with van der Waals surface area (Å²) in [5.74, 6) is 0.687. The van der Waals surface area contributed by atoms with Crippen LogP contribution >= 0.6 is 0 Å². The smallest absolute Gasteiger partial charge is 0.0600 e. The largest absolute Gasteiger partial charge is 0.393 e. The highest BCUT2D eigenvalue weighted by atomic mass is 16.3. The van der Waals surface area contributed by atoms with E-state index in [2.05, 4.69) is 39.9 Å². The molecule has 0 aliphatic carbocycles. The minimum atomic E-state index is -0.202. The maximum absolute atomic E-state index is 9.71. The Hall–Kier alpha value is -0.0800. The summed E-state index contributed by atoms with van der Waals surface area (Å²) in [4.78, 5) is 0. The molecule has 2 N–H and O–H groups in total. The van der Waals surface area contributed by atoms with Gasteiger partial charge >= 0.3 is 0 Å². The van der Waals surface area contributed by atoms with Crippen molar-refractivity contribution in [3.05, 3.63) is 0 Å². The van der Waals surface area contributed by atoms with Crippen molar-refractivity contribution in [3.63, 3.8) is 0 Å². The number of aliphatic hydroxyl groups excluding tert-OH is 1. The summed E-state index contributed by atoms with van der Waals surface area (Å²) in [5.41, 5.74) is 0.0134. The first-order chi connectivity index (χ1) is 5.84. The molecular weight excluding hydrogens is 162 g/mol. The summed E-state index contributed by atoms with van der Waals surface area (Å²) >= 11 is 0. The number of nitrogens with one attached hydrogen (secondary N) is 1. The minimum absolute atomic E-state index is 0.0134. The third-order valence-electron chi connectivity index (χ3n) is 2.15. The van der Waals surface area contributed by atoms with Crippen molar-refractivity contribution in [2.45, 2.75) is 47.1 Å². The summed E-state index contributed by atoms with van der Waals surface area (Å²) in [6.45, 7) is 12.5. The molecule has 0 spiro atoms. The molecule has 0 amide bonds. The Balaban J connectivity index is 3.43. The molecule has 2 heteroatoms. The zero-order valence-electron chi connectivity index (χ0n) is 9.72. The second-order valence-corrected chi connectivity index (χ2v) is 5.27. The summed E-state index contributed by atoms with van der Waals surface area (Å²) in [6.07, 6.45) is 0.642. The van der Waals surface area contributed by atoms with Gasteiger partial charge in [0, 0.05) is 0 Å². The van der Waals surface area contributed by atoms with E-state index in [0.717, 1.165) is 19.5 Å². The van der Waals surface area contributed by atoms with Crippen LogP contribution in [0, 0.1) is 11.3 Å². The molecular formula is C11H25NO. The van der Waals surface area contributed by atoms with Crippen molar-refractivity contribution in [2.24, 2.45) is 11.3 Å². The van der Waals surface area contributed by atoms with Crippen LogP contribution in [0.4, 0.5) is 0 Å². The van der Waals surface area contributed by atoms with E-state index in [-0.39, 0.29) is 11.5 Å². The average Bonchev–Trinajstić information content (AvgIpc) is 1.95. The van der Waals surface area contributed by atoms with Gasteiger partial charge in [-0.3, -0.25) is 0 Å². The maximum Gasteiger partial charge on any atom is 0.0600 e. The molecule has 0 fully saturated rings. The van der Waals surface area contributed by atoms with Gasteiger partial charge in [0.2, 0.25) is 0 Å². The van der Waals surface area contributed by atoms with Gasteiger partial charge in [-0.2, -0.15) is 0 Å². The van der Waals surface area contributed by atoms with Crippen molar-refractivity contribution in [1.82, 2.24) is 5.32 Å². The lowest BCUT2D eigenvalue weighted by molar-refractivity contribution is 0.0558. The summed E-state index contributed by atoms with van der Waals surface area (Å²) in [7, 11) is 0. The van der Waals surface area contributed by atoms with Gasteiger partial charge in [-0.1, -0.05) is 34.6 Å². The molecule has 0 saturated heterocycles. The number of rotatable bonds is 5. The monoisotopic (exact) mass is 187 g/mol. The predicted octanol–water partition coefficient (Wildman–Crippen LogP) is 2.03. The number of hydrogen-bond donors (Lipinski definition) is 2. The Labute approximate surface area is 82.7 Å². The zero-order valence-corrected chi connectivity index (χ0v) is 9.72. The van der Waals surface area contributed by atoms with Gasteiger partial charge in [-0.15, -0.1) is 0 Å². The highest BCUT2D eigenvalue weighted by molar-refractivity contribution is 4.73. The van der Waals surface area contributed by atoms with Gasteiger partial charge in [0.15, 0.2) is 0 Å². The van der Waals surface area contributed by atoms with Crippen molar-refractivity contribution in [1.29, 1.82) is 0 Å². The van der Waals surface area contributed by atoms with Crippen LogP contribution in [0.3, 0.4) is 0 Å². The molecule has 13 heavy (non-hydrogen) atoms. The summed E-state index contributed by atoms with van der Waals surface area (Å²) in [6, 6.07) is 0. The number of aliphatic hydroxyl groups is 1. The molecule has 80 valence electrons. The Morgan fingerprint density at radius 3 is 2.15 bits per heavy atom. The lowest BCUT2D eigenvalue weighted by atomic mass is 9.87.